The Labute approximate surface area is 154 Å². The van der Waals surface area contributed by atoms with Gasteiger partial charge < -0.3 is 15.4 Å². The number of anilines is 3. The van der Waals surface area contributed by atoms with Gasteiger partial charge in [0.2, 0.25) is 5.88 Å². The molecule has 0 aliphatic carbocycles. The summed E-state index contributed by atoms with van der Waals surface area (Å²) in [6, 6.07) is 15.4. The van der Waals surface area contributed by atoms with Crippen molar-refractivity contribution >= 4 is 39.7 Å². The lowest BCUT2D eigenvalue weighted by Crippen LogP contribution is -2.18. The fourth-order valence-electron chi connectivity index (χ4n) is 2.09. The lowest BCUT2D eigenvalue weighted by molar-refractivity contribution is 0.103. The van der Waals surface area contributed by atoms with Gasteiger partial charge in [0.1, 0.15) is 0 Å². The van der Waals surface area contributed by atoms with Crippen LogP contribution >= 0.6 is 11.3 Å². The standard InChI is InChI=1S/C18H16N4O3S/c1-25-15-9-7-13(11-19-15)20-17(23)14-8-10-16(26-14)22-18(24)21-12-5-3-2-4-6-12/h2-11H,1H3,(H,20,23)(H2,21,22,24). The molecule has 7 nitrogen and oxygen atoms in total. The van der Waals surface area contributed by atoms with Crippen LogP contribution in [0.25, 0.3) is 0 Å². The number of pyridine rings is 1. The highest BCUT2D eigenvalue weighted by molar-refractivity contribution is 7.18. The maximum absolute atomic E-state index is 12.3. The van der Waals surface area contributed by atoms with E-state index >= 15 is 0 Å². The van der Waals surface area contributed by atoms with Crippen LogP contribution in [0, 0.1) is 0 Å². The highest BCUT2D eigenvalue weighted by Crippen LogP contribution is 2.23. The molecule has 8 heteroatoms. The quantitative estimate of drug-likeness (QED) is 0.633. The Hall–Kier alpha value is -3.39. The zero-order valence-electron chi connectivity index (χ0n) is 13.9. The van der Waals surface area contributed by atoms with Crippen LogP contribution in [-0.2, 0) is 0 Å². The molecule has 26 heavy (non-hydrogen) atoms. The van der Waals surface area contributed by atoms with Gasteiger partial charge >= 0.3 is 6.03 Å². The number of hydrogen-bond donors (Lipinski definition) is 3. The molecule has 0 saturated carbocycles. The minimum Gasteiger partial charge on any atom is -0.481 e. The third kappa shape index (κ3) is 4.58. The highest BCUT2D eigenvalue weighted by atomic mass is 32.1. The summed E-state index contributed by atoms with van der Waals surface area (Å²) in [4.78, 5) is 28.7. The zero-order valence-corrected chi connectivity index (χ0v) is 14.7. The van der Waals surface area contributed by atoms with Crippen LogP contribution in [0.4, 0.5) is 21.2 Å². The average molecular weight is 368 g/mol. The smallest absolute Gasteiger partial charge is 0.324 e. The summed E-state index contributed by atoms with van der Waals surface area (Å²) in [5.41, 5.74) is 1.24. The first-order valence-corrected chi connectivity index (χ1v) is 8.50. The van der Waals surface area contributed by atoms with Gasteiger partial charge in [-0.15, -0.1) is 11.3 Å². The van der Waals surface area contributed by atoms with E-state index in [9.17, 15) is 9.59 Å². The molecule has 0 saturated heterocycles. The summed E-state index contributed by atoms with van der Waals surface area (Å²) in [6.45, 7) is 0. The van der Waals surface area contributed by atoms with E-state index in [2.05, 4.69) is 20.9 Å². The van der Waals surface area contributed by atoms with Gasteiger partial charge in [-0.25, -0.2) is 9.78 Å². The van der Waals surface area contributed by atoms with Crippen LogP contribution in [0.1, 0.15) is 9.67 Å². The molecule has 2 heterocycles. The van der Waals surface area contributed by atoms with Crippen molar-refractivity contribution in [2.24, 2.45) is 0 Å². The van der Waals surface area contributed by atoms with Crippen molar-refractivity contribution in [2.45, 2.75) is 0 Å². The molecule has 0 bridgehead atoms. The van der Waals surface area contributed by atoms with Crippen molar-refractivity contribution in [1.82, 2.24) is 4.98 Å². The van der Waals surface area contributed by atoms with E-state index in [1.807, 2.05) is 18.2 Å². The van der Waals surface area contributed by atoms with Crippen LogP contribution in [0.15, 0.2) is 60.8 Å². The molecule has 0 atom stereocenters. The minimum atomic E-state index is -0.371. The molecule has 0 aliphatic heterocycles. The molecule has 3 N–H and O–H groups in total. The topological polar surface area (TPSA) is 92.4 Å². The Bertz CT molecular complexity index is 894. The molecule has 0 spiro atoms. The first kappa shape index (κ1) is 17.4. The number of carbonyl (C=O) groups is 2. The SMILES string of the molecule is COc1ccc(NC(=O)c2ccc(NC(=O)Nc3ccccc3)s2)cn1. The fourth-order valence-corrected chi connectivity index (χ4v) is 2.89. The predicted octanol–water partition coefficient (Wildman–Crippen LogP) is 4.05. The molecule has 0 unspecified atom stereocenters. The molecule has 132 valence electrons. The average Bonchev–Trinajstić information content (AvgIpc) is 3.11. The number of nitrogens with zero attached hydrogens (tertiary/aromatic N) is 1. The Balaban J connectivity index is 1.58. The molecular formula is C18H16N4O3S. The van der Waals surface area contributed by atoms with Crippen molar-refractivity contribution in [2.75, 3.05) is 23.1 Å². The fraction of sp³-hybridized carbons (Fsp3) is 0.0556. The maximum Gasteiger partial charge on any atom is 0.324 e. The van der Waals surface area contributed by atoms with E-state index < -0.39 is 0 Å². The number of methoxy groups -OCH3 is 1. The number of para-hydroxylation sites is 1. The van der Waals surface area contributed by atoms with Gasteiger partial charge in [0, 0.05) is 11.8 Å². The van der Waals surface area contributed by atoms with Gasteiger partial charge in [0.25, 0.3) is 5.91 Å². The highest BCUT2D eigenvalue weighted by Gasteiger charge is 2.11. The minimum absolute atomic E-state index is 0.279. The number of rotatable bonds is 5. The van der Waals surface area contributed by atoms with E-state index in [1.54, 1.807) is 36.4 Å². The monoisotopic (exact) mass is 368 g/mol. The molecule has 0 aliphatic rings. The number of ether oxygens (including phenoxy) is 1. The molecule has 0 fully saturated rings. The normalized spacial score (nSPS) is 10.0. The van der Waals surface area contributed by atoms with E-state index in [0.717, 1.165) is 0 Å². The van der Waals surface area contributed by atoms with Gasteiger partial charge in [-0.2, -0.15) is 0 Å². The van der Waals surface area contributed by atoms with Crippen LogP contribution in [0.3, 0.4) is 0 Å². The van der Waals surface area contributed by atoms with E-state index in [4.69, 9.17) is 4.74 Å². The number of carbonyl (C=O) groups excluding carboxylic acids is 2. The van der Waals surface area contributed by atoms with Crippen molar-refractivity contribution in [3.63, 3.8) is 0 Å². The van der Waals surface area contributed by atoms with Crippen molar-refractivity contribution < 1.29 is 14.3 Å². The van der Waals surface area contributed by atoms with E-state index in [-0.39, 0.29) is 11.9 Å². The second-order valence-electron chi connectivity index (χ2n) is 5.15. The third-order valence-corrected chi connectivity index (χ3v) is 4.30. The van der Waals surface area contributed by atoms with Crippen LogP contribution < -0.4 is 20.7 Å². The number of hydrogen-bond acceptors (Lipinski definition) is 5. The summed E-state index contributed by atoms with van der Waals surface area (Å²) < 4.78 is 4.97. The molecule has 2 aromatic heterocycles. The Morgan fingerprint density at radius 3 is 2.42 bits per heavy atom. The van der Waals surface area contributed by atoms with Crippen molar-refractivity contribution in [1.29, 1.82) is 0 Å². The largest absolute Gasteiger partial charge is 0.481 e. The second kappa shape index (κ2) is 8.13. The Morgan fingerprint density at radius 1 is 0.923 bits per heavy atom. The Kier molecular flexibility index (Phi) is 5.45. The molecule has 0 radical (unpaired) electrons. The third-order valence-electron chi connectivity index (χ3n) is 3.30. The van der Waals surface area contributed by atoms with E-state index in [0.29, 0.717) is 27.1 Å². The predicted molar refractivity (Wildman–Crippen MR) is 102 cm³/mol. The van der Waals surface area contributed by atoms with Crippen molar-refractivity contribution in [3.05, 3.63) is 65.7 Å². The van der Waals surface area contributed by atoms with Gasteiger partial charge in [-0.05, 0) is 30.3 Å². The number of urea groups is 1. The summed E-state index contributed by atoms with van der Waals surface area (Å²) in [6.07, 6.45) is 1.51. The summed E-state index contributed by atoms with van der Waals surface area (Å²) in [5, 5.41) is 8.73. The van der Waals surface area contributed by atoms with Gasteiger partial charge in [-0.1, -0.05) is 18.2 Å². The lowest BCUT2D eigenvalue weighted by Gasteiger charge is -2.05. The molecule has 3 amide bonds. The molecule has 3 rings (SSSR count). The summed E-state index contributed by atoms with van der Waals surface area (Å²) >= 11 is 1.18. The first-order valence-electron chi connectivity index (χ1n) is 7.68. The van der Waals surface area contributed by atoms with Crippen LogP contribution in [-0.4, -0.2) is 24.0 Å². The zero-order chi connectivity index (χ0) is 18.4. The molecular weight excluding hydrogens is 352 g/mol. The van der Waals surface area contributed by atoms with Gasteiger partial charge in [0.15, 0.2) is 0 Å². The number of thiophene rings is 1. The number of aromatic nitrogens is 1. The van der Waals surface area contributed by atoms with Crippen molar-refractivity contribution in [3.8, 4) is 5.88 Å². The molecule has 3 aromatic rings. The lowest BCUT2D eigenvalue weighted by atomic mass is 10.3. The second-order valence-corrected chi connectivity index (χ2v) is 6.24. The number of benzene rings is 1. The Morgan fingerprint density at radius 2 is 1.73 bits per heavy atom. The van der Waals surface area contributed by atoms with E-state index in [1.165, 1.54) is 24.6 Å². The summed E-state index contributed by atoms with van der Waals surface area (Å²) in [7, 11) is 1.52. The number of nitrogens with one attached hydrogen (secondary N) is 3. The van der Waals surface area contributed by atoms with Crippen LogP contribution in [0.5, 0.6) is 5.88 Å². The number of amides is 3. The van der Waals surface area contributed by atoms with Gasteiger partial charge in [-0.3, -0.25) is 10.1 Å². The maximum atomic E-state index is 12.3. The van der Waals surface area contributed by atoms with Gasteiger partial charge in [0.05, 0.1) is 28.9 Å². The van der Waals surface area contributed by atoms with Crippen LogP contribution in [0.2, 0.25) is 0 Å². The first-order chi connectivity index (χ1) is 12.6. The molecule has 1 aromatic carbocycles. The summed E-state index contributed by atoms with van der Waals surface area (Å²) in [5.74, 6) is 0.188.